The lowest BCUT2D eigenvalue weighted by atomic mass is 10.1. The van der Waals surface area contributed by atoms with Crippen LogP contribution in [-0.4, -0.2) is 37.2 Å². The molecule has 0 amide bonds. The number of nitrogens with two attached hydrogens (primary N) is 1. The van der Waals surface area contributed by atoms with E-state index in [4.69, 9.17) is 26.8 Å². The Balaban J connectivity index is 1.96. The molecular weight excluding hydrogens is 266 g/mol. The molecule has 19 heavy (non-hydrogen) atoms. The monoisotopic (exact) mass is 281 g/mol. The van der Waals surface area contributed by atoms with Crippen LogP contribution in [0, 0.1) is 0 Å². The minimum absolute atomic E-state index is 0.123. The first-order valence-corrected chi connectivity index (χ1v) is 6.74. The predicted octanol–water partition coefficient (Wildman–Crippen LogP) is 1.80. The SMILES string of the molecule is CCN1C(N)=NCC1c1cc(Cl)c2c(c1)OCCO2. The number of fused-ring (bicyclic) bond motifs is 1. The molecule has 1 aromatic rings. The van der Waals surface area contributed by atoms with Gasteiger partial charge in [-0.15, -0.1) is 0 Å². The van der Waals surface area contributed by atoms with Crippen molar-refractivity contribution in [3.63, 3.8) is 0 Å². The molecule has 1 aromatic carbocycles. The van der Waals surface area contributed by atoms with Gasteiger partial charge in [-0.2, -0.15) is 0 Å². The van der Waals surface area contributed by atoms with Crippen LogP contribution < -0.4 is 15.2 Å². The van der Waals surface area contributed by atoms with Crippen molar-refractivity contribution >= 4 is 17.6 Å². The van der Waals surface area contributed by atoms with Crippen LogP contribution in [0.5, 0.6) is 11.5 Å². The Kier molecular flexibility index (Phi) is 3.14. The van der Waals surface area contributed by atoms with Gasteiger partial charge in [0.25, 0.3) is 0 Å². The summed E-state index contributed by atoms with van der Waals surface area (Å²) in [4.78, 5) is 6.35. The number of nitrogens with zero attached hydrogens (tertiary/aromatic N) is 2. The van der Waals surface area contributed by atoms with Crippen molar-refractivity contribution in [1.29, 1.82) is 0 Å². The number of benzene rings is 1. The molecule has 2 N–H and O–H groups in total. The summed E-state index contributed by atoms with van der Waals surface area (Å²) < 4.78 is 11.1. The molecule has 0 aliphatic carbocycles. The summed E-state index contributed by atoms with van der Waals surface area (Å²) in [6.07, 6.45) is 0. The molecule has 0 fully saturated rings. The summed E-state index contributed by atoms with van der Waals surface area (Å²) in [5.74, 6) is 1.92. The molecule has 0 saturated heterocycles. The summed E-state index contributed by atoms with van der Waals surface area (Å²) in [6.45, 7) is 4.60. The van der Waals surface area contributed by atoms with Gasteiger partial charge in [0.05, 0.1) is 17.6 Å². The van der Waals surface area contributed by atoms with E-state index in [0.717, 1.165) is 12.1 Å². The van der Waals surface area contributed by atoms with Crippen LogP contribution in [-0.2, 0) is 0 Å². The van der Waals surface area contributed by atoms with Crippen molar-refractivity contribution < 1.29 is 9.47 Å². The van der Waals surface area contributed by atoms with E-state index in [2.05, 4.69) is 16.8 Å². The van der Waals surface area contributed by atoms with Gasteiger partial charge in [0.1, 0.15) is 13.2 Å². The van der Waals surface area contributed by atoms with Crippen LogP contribution in [0.4, 0.5) is 0 Å². The Bertz CT molecular complexity index is 533. The molecule has 1 atom stereocenters. The van der Waals surface area contributed by atoms with E-state index in [1.165, 1.54) is 0 Å². The van der Waals surface area contributed by atoms with Crippen LogP contribution in [0.3, 0.4) is 0 Å². The summed E-state index contributed by atoms with van der Waals surface area (Å²) in [6, 6.07) is 4.01. The molecule has 6 heteroatoms. The Morgan fingerprint density at radius 3 is 3.00 bits per heavy atom. The fourth-order valence-corrected chi connectivity index (χ4v) is 2.79. The second-order valence-corrected chi connectivity index (χ2v) is 4.93. The van der Waals surface area contributed by atoms with Crippen LogP contribution in [0.25, 0.3) is 0 Å². The maximum Gasteiger partial charge on any atom is 0.191 e. The van der Waals surface area contributed by atoms with E-state index in [-0.39, 0.29) is 6.04 Å². The molecule has 2 aliphatic rings. The third-order valence-electron chi connectivity index (χ3n) is 3.44. The molecule has 0 radical (unpaired) electrons. The molecule has 0 aromatic heterocycles. The normalized spacial score (nSPS) is 21.5. The zero-order chi connectivity index (χ0) is 13.4. The van der Waals surface area contributed by atoms with Gasteiger partial charge in [0, 0.05) is 6.54 Å². The molecule has 102 valence electrons. The van der Waals surface area contributed by atoms with E-state index in [0.29, 0.717) is 42.2 Å². The van der Waals surface area contributed by atoms with Gasteiger partial charge in [0.15, 0.2) is 17.5 Å². The summed E-state index contributed by atoms with van der Waals surface area (Å²) in [7, 11) is 0. The average molecular weight is 282 g/mol. The van der Waals surface area contributed by atoms with E-state index in [9.17, 15) is 0 Å². The standard InChI is InChI=1S/C13H16ClN3O2/c1-2-17-10(7-16-13(17)15)8-5-9(14)12-11(6-8)18-3-4-19-12/h5-6,10H,2-4,7H2,1H3,(H2,15,16). The fraction of sp³-hybridized carbons (Fsp3) is 0.462. The quantitative estimate of drug-likeness (QED) is 0.898. The number of aliphatic imine (C=N–C) groups is 1. The highest BCUT2D eigenvalue weighted by Gasteiger charge is 2.28. The lowest BCUT2D eigenvalue weighted by Gasteiger charge is -2.27. The van der Waals surface area contributed by atoms with E-state index in [1.807, 2.05) is 12.1 Å². The number of halogens is 1. The molecule has 5 nitrogen and oxygen atoms in total. The molecule has 3 rings (SSSR count). The highest BCUT2D eigenvalue weighted by Crippen LogP contribution is 2.41. The van der Waals surface area contributed by atoms with Gasteiger partial charge < -0.3 is 20.1 Å². The maximum absolute atomic E-state index is 6.26. The van der Waals surface area contributed by atoms with Crippen LogP contribution in [0.2, 0.25) is 5.02 Å². The van der Waals surface area contributed by atoms with Gasteiger partial charge in [-0.3, -0.25) is 4.99 Å². The highest BCUT2D eigenvalue weighted by atomic mass is 35.5. The second-order valence-electron chi connectivity index (χ2n) is 4.53. The molecule has 0 bridgehead atoms. The lowest BCUT2D eigenvalue weighted by molar-refractivity contribution is 0.171. The largest absolute Gasteiger partial charge is 0.486 e. The van der Waals surface area contributed by atoms with Crippen molar-refractivity contribution in [2.75, 3.05) is 26.3 Å². The molecule has 2 aliphatic heterocycles. The van der Waals surface area contributed by atoms with Crippen molar-refractivity contribution in [3.8, 4) is 11.5 Å². The second kappa shape index (κ2) is 4.81. The van der Waals surface area contributed by atoms with E-state index >= 15 is 0 Å². The molecule has 0 spiro atoms. The third kappa shape index (κ3) is 2.08. The smallest absolute Gasteiger partial charge is 0.191 e. The number of guanidine groups is 1. The van der Waals surface area contributed by atoms with Gasteiger partial charge >= 0.3 is 0 Å². The fourth-order valence-electron chi connectivity index (χ4n) is 2.52. The Morgan fingerprint density at radius 1 is 1.42 bits per heavy atom. The molecule has 0 saturated carbocycles. The third-order valence-corrected chi connectivity index (χ3v) is 3.72. The number of hydrogen-bond acceptors (Lipinski definition) is 5. The van der Waals surface area contributed by atoms with E-state index in [1.54, 1.807) is 0 Å². The predicted molar refractivity (Wildman–Crippen MR) is 74.1 cm³/mol. The van der Waals surface area contributed by atoms with Crippen LogP contribution in [0.1, 0.15) is 18.5 Å². The zero-order valence-corrected chi connectivity index (χ0v) is 11.5. The number of hydrogen-bond donors (Lipinski definition) is 1. The Morgan fingerprint density at radius 2 is 2.21 bits per heavy atom. The first kappa shape index (κ1) is 12.4. The minimum atomic E-state index is 0.123. The summed E-state index contributed by atoms with van der Waals surface area (Å²) in [5.41, 5.74) is 6.94. The van der Waals surface area contributed by atoms with Gasteiger partial charge in [-0.1, -0.05) is 11.6 Å². The van der Waals surface area contributed by atoms with Gasteiger partial charge in [0.2, 0.25) is 0 Å². The topological polar surface area (TPSA) is 60.1 Å². The van der Waals surface area contributed by atoms with Gasteiger partial charge in [-0.25, -0.2) is 0 Å². The molecule has 2 heterocycles. The molecular formula is C13H16ClN3O2. The van der Waals surface area contributed by atoms with Crippen molar-refractivity contribution in [2.24, 2.45) is 10.7 Å². The minimum Gasteiger partial charge on any atom is -0.486 e. The molecule has 1 unspecified atom stereocenters. The number of rotatable bonds is 2. The Labute approximate surface area is 116 Å². The number of ether oxygens (including phenoxy) is 2. The van der Waals surface area contributed by atoms with Crippen LogP contribution in [0.15, 0.2) is 17.1 Å². The number of likely N-dealkylation sites (N-methyl/N-ethyl adjacent to an activating group) is 1. The van der Waals surface area contributed by atoms with Crippen molar-refractivity contribution in [1.82, 2.24) is 4.90 Å². The van der Waals surface area contributed by atoms with Crippen molar-refractivity contribution in [3.05, 3.63) is 22.7 Å². The van der Waals surface area contributed by atoms with E-state index < -0.39 is 0 Å². The van der Waals surface area contributed by atoms with Crippen LogP contribution >= 0.6 is 11.6 Å². The highest BCUT2D eigenvalue weighted by molar-refractivity contribution is 6.32. The van der Waals surface area contributed by atoms with Crippen molar-refractivity contribution in [2.45, 2.75) is 13.0 Å². The Hall–Kier alpha value is -1.62. The lowest BCUT2D eigenvalue weighted by Crippen LogP contribution is -2.35. The first-order chi connectivity index (χ1) is 9.20. The zero-order valence-electron chi connectivity index (χ0n) is 10.7. The first-order valence-electron chi connectivity index (χ1n) is 6.36. The summed E-state index contributed by atoms with van der Waals surface area (Å²) >= 11 is 6.26. The average Bonchev–Trinajstić information content (AvgIpc) is 2.80. The maximum atomic E-state index is 6.26. The van der Waals surface area contributed by atoms with Gasteiger partial charge in [-0.05, 0) is 24.6 Å². The summed E-state index contributed by atoms with van der Waals surface area (Å²) in [5, 5.41) is 0.578.